The summed E-state index contributed by atoms with van der Waals surface area (Å²) in [5.74, 6) is -1.02. The van der Waals surface area contributed by atoms with Gasteiger partial charge in [-0.25, -0.2) is 9.59 Å². The molecule has 0 spiro atoms. The summed E-state index contributed by atoms with van der Waals surface area (Å²) in [6.07, 6.45) is 0. The molecule has 21 heavy (non-hydrogen) atoms. The van der Waals surface area contributed by atoms with Crippen LogP contribution in [0.5, 0.6) is 5.75 Å². The van der Waals surface area contributed by atoms with E-state index in [1.165, 1.54) is 12.1 Å². The predicted molar refractivity (Wildman–Crippen MR) is 78.2 cm³/mol. The fourth-order valence-corrected chi connectivity index (χ4v) is 1.77. The summed E-state index contributed by atoms with van der Waals surface area (Å²) in [7, 11) is 0. The zero-order chi connectivity index (χ0) is 15.2. The van der Waals surface area contributed by atoms with Gasteiger partial charge in [-0.15, -0.1) is 0 Å². The molecule has 0 atom stereocenters. The van der Waals surface area contributed by atoms with Crippen LogP contribution in [-0.4, -0.2) is 18.5 Å². The molecule has 0 bridgehead atoms. The van der Waals surface area contributed by atoms with Crippen LogP contribution in [0, 0.1) is 0 Å². The average molecular weight is 285 g/mol. The monoisotopic (exact) mass is 285 g/mol. The largest absolute Gasteiger partial charge is 0.462 e. The number of hydrogen-bond acceptors (Lipinski definition) is 5. The molecule has 0 aliphatic heterocycles. The van der Waals surface area contributed by atoms with Crippen molar-refractivity contribution < 1.29 is 19.1 Å². The second kappa shape index (κ2) is 6.56. The zero-order valence-electron chi connectivity index (χ0n) is 11.5. The van der Waals surface area contributed by atoms with E-state index < -0.39 is 11.9 Å². The molecule has 2 N–H and O–H groups in total. The summed E-state index contributed by atoms with van der Waals surface area (Å²) >= 11 is 0. The number of rotatable bonds is 4. The number of ether oxygens (including phenoxy) is 2. The first-order valence-corrected chi connectivity index (χ1v) is 6.46. The number of carbonyl (C=O) groups excluding carboxylic acids is 2. The van der Waals surface area contributed by atoms with E-state index in [0.717, 1.165) is 0 Å². The Labute approximate surface area is 122 Å². The third kappa shape index (κ3) is 3.39. The van der Waals surface area contributed by atoms with Gasteiger partial charge in [0.15, 0.2) is 0 Å². The van der Waals surface area contributed by atoms with Gasteiger partial charge >= 0.3 is 11.9 Å². The lowest BCUT2D eigenvalue weighted by Gasteiger charge is -2.10. The van der Waals surface area contributed by atoms with Gasteiger partial charge in [0.1, 0.15) is 11.3 Å². The quantitative estimate of drug-likeness (QED) is 0.531. The Morgan fingerprint density at radius 3 is 2.24 bits per heavy atom. The van der Waals surface area contributed by atoms with Gasteiger partial charge in [-0.2, -0.15) is 0 Å². The van der Waals surface area contributed by atoms with Crippen molar-refractivity contribution in [3.05, 3.63) is 59.7 Å². The van der Waals surface area contributed by atoms with Crippen molar-refractivity contribution in [2.24, 2.45) is 0 Å². The minimum atomic E-state index is -0.621. The van der Waals surface area contributed by atoms with Crippen molar-refractivity contribution in [1.29, 1.82) is 0 Å². The summed E-state index contributed by atoms with van der Waals surface area (Å²) in [5, 5.41) is 0. The van der Waals surface area contributed by atoms with Crippen LogP contribution < -0.4 is 10.5 Å². The van der Waals surface area contributed by atoms with Crippen molar-refractivity contribution >= 4 is 17.6 Å². The topological polar surface area (TPSA) is 78.6 Å². The lowest BCUT2D eigenvalue weighted by atomic mass is 10.1. The number of anilines is 1. The molecule has 0 saturated carbocycles. The van der Waals surface area contributed by atoms with Crippen molar-refractivity contribution in [2.75, 3.05) is 12.3 Å². The number of esters is 2. The van der Waals surface area contributed by atoms with Gasteiger partial charge < -0.3 is 15.2 Å². The van der Waals surface area contributed by atoms with Crippen LogP contribution in [-0.2, 0) is 4.74 Å². The number of hydrogen-bond donors (Lipinski definition) is 1. The summed E-state index contributed by atoms with van der Waals surface area (Å²) < 4.78 is 10.2. The highest BCUT2D eigenvalue weighted by atomic mass is 16.5. The third-order valence-electron chi connectivity index (χ3n) is 2.77. The summed E-state index contributed by atoms with van der Waals surface area (Å²) in [4.78, 5) is 23.9. The first-order chi connectivity index (χ1) is 10.1. The Balaban J connectivity index is 2.26. The lowest BCUT2D eigenvalue weighted by Crippen LogP contribution is -2.14. The van der Waals surface area contributed by atoms with Gasteiger partial charge in [-0.3, -0.25) is 0 Å². The molecule has 5 heteroatoms. The van der Waals surface area contributed by atoms with Crippen LogP contribution in [0.15, 0.2) is 48.5 Å². The highest BCUT2D eigenvalue weighted by Crippen LogP contribution is 2.21. The predicted octanol–water partition coefficient (Wildman–Crippen LogP) is 2.66. The molecule has 0 amide bonds. The SMILES string of the molecule is CCOC(=O)c1ccccc1OC(=O)c1ccccc1N. The van der Waals surface area contributed by atoms with Crippen LogP contribution in [0.2, 0.25) is 0 Å². The number of benzene rings is 2. The van der Waals surface area contributed by atoms with Crippen LogP contribution in [0.3, 0.4) is 0 Å². The Kier molecular flexibility index (Phi) is 4.56. The molecule has 0 heterocycles. The molecule has 0 aliphatic carbocycles. The standard InChI is InChI=1S/C16H15NO4/c1-2-20-15(18)12-8-4-6-10-14(12)21-16(19)11-7-3-5-9-13(11)17/h3-10H,2,17H2,1H3. The van der Waals surface area contributed by atoms with Gasteiger partial charge in [0.2, 0.25) is 0 Å². The van der Waals surface area contributed by atoms with Crippen molar-refractivity contribution in [3.8, 4) is 5.75 Å². The number of nitrogens with two attached hydrogens (primary N) is 1. The fourth-order valence-electron chi connectivity index (χ4n) is 1.77. The van der Waals surface area contributed by atoms with Crippen LogP contribution in [0.25, 0.3) is 0 Å². The number of nitrogen functional groups attached to an aromatic ring is 1. The summed E-state index contributed by atoms with van der Waals surface area (Å²) in [6, 6.07) is 13.0. The molecular formula is C16H15NO4. The molecule has 5 nitrogen and oxygen atoms in total. The molecule has 2 aromatic rings. The molecule has 0 saturated heterocycles. The first-order valence-electron chi connectivity index (χ1n) is 6.46. The van der Waals surface area contributed by atoms with Gasteiger partial charge in [0, 0.05) is 5.69 Å². The van der Waals surface area contributed by atoms with Gasteiger partial charge in [0.05, 0.1) is 12.2 Å². The van der Waals surface area contributed by atoms with Gasteiger partial charge in [-0.05, 0) is 31.2 Å². The molecular weight excluding hydrogens is 270 g/mol. The molecule has 0 aliphatic rings. The lowest BCUT2D eigenvalue weighted by molar-refractivity contribution is 0.0520. The second-order valence-electron chi connectivity index (χ2n) is 4.19. The normalized spacial score (nSPS) is 9.95. The highest BCUT2D eigenvalue weighted by molar-refractivity contribution is 5.98. The minimum Gasteiger partial charge on any atom is -0.462 e. The zero-order valence-corrected chi connectivity index (χ0v) is 11.5. The molecule has 2 aromatic carbocycles. The average Bonchev–Trinajstić information content (AvgIpc) is 2.48. The summed E-state index contributed by atoms with van der Waals surface area (Å²) in [6.45, 7) is 1.95. The smallest absolute Gasteiger partial charge is 0.345 e. The van der Waals surface area contributed by atoms with Gasteiger partial charge in [-0.1, -0.05) is 24.3 Å². The second-order valence-corrected chi connectivity index (χ2v) is 4.19. The maximum absolute atomic E-state index is 12.1. The Bertz CT molecular complexity index is 667. The van der Waals surface area contributed by atoms with Crippen LogP contribution in [0.1, 0.15) is 27.6 Å². The van der Waals surface area contributed by atoms with E-state index in [0.29, 0.717) is 5.69 Å². The minimum absolute atomic E-state index is 0.143. The Morgan fingerprint density at radius 2 is 1.57 bits per heavy atom. The van der Waals surface area contributed by atoms with E-state index in [2.05, 4.69) is 0 Å². The molecule has 0 radical (unpaired) electrons. The molecule has 2 rings (SSSR count). The van der Waals surface area contributed by atoms with E-state index in [1.807, 2.05) is 0 Å². The Hall–Kier alpha value is -2.82. The van der Waals surface area contributed by atoms with Crippen LogP contribution in [0.4, 0.5) is 5.69 Å². The Morgan fingerprint density at radius 1 is 0.952 bits per heavy atom. The summed E-state index contributed by atoms with van der Waals surface area (Å²) in [5.41, 5.74) is 6.49. The molecule has 0 unspecified atom stereocenters. The van der Waals surface area contributed by atoms with Crippen molar-refractivity contribution in [3.63, 3.8) is 0 Å². The van der Waals surface area contributed by atoms with E-state index in [4.69, 9.17) is 15.2 Å². The van der Waals surface area contributed by atoms with E-state index in [9.17, 15) is 9.59 Å². The first kappa shape index (κ1) is 14.6. The number of para-hydroxylation sites is 2. The third-order valence-corrected chi connectivity index (χ3v) is 2.77. The number of carbonyl (C=O) groups is 2. The van der Waals surface area contributed by atoms with E-state index in [-0.39, 0.29) is 23.5 Å². The highest BCUT2D eigenvalue weighted by Gasteiger charge is 2.17. The van der Waals surface area contributed by atoms with Crippen molar-refractivity contribution in [2.45, 2.75) is 6.92 Å². The molecule has 108 valence electrons. The van der Waals surface area contributed by atoms with E-state index >= 15 is 0 Å². The maximum atomic E-state index is 12.1. The van der Waals surface area contributed by atoms with E-state index in [1.54, 1.807) is 43.3 Å². The van der Waals surface area contributed by atoms with Crippen molar-refractivity contribution in [1.82, 2.24) is 0 Å². The maximum Gasteiger partial charge on any atom is 0.345 e. The molecule has 0 aromatic heterocycles. The fraction of sp³-hybridized carbons (Fsp3) is 0.125. The van der Waals surface area contributed by atoms with Crippen LogP contribution >= 0.6 is 0 Å². The van der Waals surface area contributed by atoms with Gasteiger partial charge in [0.25, 0.3) is 0 Å². The molecule has 0 fully saturated rings.